The first kappa shape index (κ1) is 18.1. The second kappa shape index (κ2) is 8.59. The first-order valence-electron chi connectivity index (χ1n) is 8.23. The maximum Gasteiger partial charge on any atom is 0.243 e. The molecule has 6 nitrogen and oxygen atoms in total. The normalized spacial score (nSPS) is 17.0. The summed E-state index contributed by atoms with van der Waals surface area (Å²) < 4.78 is 5.64. The third-order valence-corrected chi connectivity index (χ3v) is 4.00. The number of ether oxygens (including phenoxy) is 1. The van der Waals surface area contributed by atoms with E-state index in [4.69, 9.17) is 4.74 Å². The van der Waals surface area contributed by atoms with Gasteiger partial charge in [0.25, 0.3) is 0 Å². The molecule has 1 aromatic carbocycles. The van der Waals surface area contributed by atoms with E-state index in [9.17, 15) is 14.4 Å². The van der Waals surface area contributed by atoms with Gasteiger partial charge in [-0.3, -0.25) is 19.3 Å². The Kier molecular flexibility index (Phi) is 6.49. The lowest BCUT2D eigenvalue weighted by atomic mass is 10.2. The van der Waals surface area contributed by atoms with E-state index in [1.807, 2.05) is 37.3 Å². The van der Waals surface area contributed by atoms with Crippen molar-refractivity contribution in [1.82, 2.24) is 10.2 Å². The van der Waals surface area contributed by atoms with E-state index in [-0.39, 0.29) is 36.5 Å². The van der Waals surface area contributed by atoms with Gasteiger partial charge in [-0.1, -0.05) is 37.3 Å². The summed E-state index contributed by atoms with van der Waals surface area (Å²) in [5, 5.41) is 2.78. The Morgan fingerprint density at radius 3 is 2.42 bits per heavy atom. The predicted octanol–water partition coefficient (Wildman–Crippen LogP) is 1.49. The van der Waals surface area contributed by atoms with E-state index in [2.05, 4.69) is 5.32 Å². The summed E-state index contributed by atoms with van der Waals surface area (Å²) in [7, 11) is 0. The second-order valence-corrected chi connectivity index (χ2v) is 6.18. The van der Waals surface area contributed by atoms with Gasteiger partial charge in [0.05, 0.1) is 13.2 Å². The van der Waals surface area contributed by atoms with Gasteiger partial charge in [0.1, 0.15) is 6.04 Å². The van der Waals surface area contributed by atoms with Crippen molar-refractivity contribution in [2.45, 2.75) is 39.3 Å². The molecule has 6 heteroatoms. The zero-order valence-corrected chi connectivity index (χ0v) is 14.2. The SMILES string of the molecule is CC(CNC(=O)C(C)N1C(=O)CCC1=O)COCc1ccccc1. The van der Waals surface area contributed by atoms with Crippen LogP contribution in [-0.4, -0.2) is 41.8 Å². The van der Waals surface area contributed by atoms with Crippen molar-refractivity contribution >= 4 is 17.7 Å². The molecule has 0 bridgehead atoms. The van der Waals surface area contributed by atoms with Gasteiger partial charge in [-0.25, -0.2) is 0 Å². The quantitative estimate of drug-likeness (QED) is 0.732. The molecule has 3 amide bonds. The average molecular weight is 332 g/mol. The molecule has 1 aliphatic heterocycles. The molecule has 0 aromatic heterocycles. The summed E-state index contributed by atoms with van der Waals surface area (Å²) in [6.45, 7) is 5.04. The maximum absolute atomic E-state index is 12.1. The van der Waals surface area contributed by atoms with E-state index < -0.39 is 6.04 Å². The minimum Gasteiger partial charge on any atom is -0.376 e. The number of carbonyl (C=O) groups is 3. The molecular weight excluding hydrogens is 308 g/mol. The molecule has 2 atom stereocenters. The minimum atomic E-state index is -0.759. The van der Waals surface area contributed by atoms with Crippen molar-refractivity contribution in [3.8, 4) is 0 Å². The fourth-order valence-electron chi connectivity index (χ4n) is 2.58. The molecule has 1 aromatic rings. The Morgan fingerprint density at radius 2 is 1.79 bits per heavy atom. The number of hydrogen-bond acceptors (Lipinski definition) is 4. The molecular formula is C18H24N2O4. The van der Waals surface area contributed by atoms with Crippen molar-refractivity contribution in [3.63, 3.8) is 0 Å². The number of carbonyl (C=O) groups excluding carboxylic acids is 3. The molecule has 1 saturated heterocycles. The zero-order valence-electron chi connectivity index (χ0n) is 14.2. The van der Waals surface area contributed by atoms with Crippen LogP contribution in [0.5, 0.6) is 0 Å². The minimum absolute atomic E-state index is 0.134. The van der Waals surface area contributed by atoms with Gasteiger partial charge in [0.2, 0.25) is 17.7 Å². The molecule has 0 spiro atoms. The zero-order chi connectivity index (χ0) is 17.5. The van der Waals surface area contributed by atoms with Gasteiger partial charge < -0.3 is 10.1 Å². The molecule has 0 radical (unpaired) electrons. The summed E-state index contributed by atoms with van der Waals surface area (Å²) in [5.74, 6) is -0.730. The molecule has 1 N–H and O–H groups in total. The Balaban J connectivity index is 1.69. The van der Waals surface area contributed by atoms with Gasteiger partial charge in [-0.2, -0.15) is 0 Å². The number of hydrogen-bond donors (Lipinski definition) is 1. The highest BCUT2D eigenvalue weighted by Gasteiger charge is 2.35. The summed E-state index contributed by atoms with van der Waals surface area (Å²) >= 11 is 0. The molecule has 1 fully saturated rings. The standard InChI is InChI=1S/C18H24N2O4/c1-13(11-24-12-15-6-4-3-5-7-15)10-19-18(23)14(2)20-16(21)8-9-17(20)22/h3-7,13-14H,8-12H2,1-2H3,(H,19,23). The van der Waals surface area contributed by atoms with E-state index in [1.54, 1.807) is 6.92 Å². The lowest BCUT2D eigenvalue weighted by Gasteiger charge is -2.22. The lowest BCUT2D eigenvalue weighted by Crippen LogP contribution is -2.48. The number of nitrogens with one attached hydrogen (secondary N) is 1. The topological polar surface area (TPSA) is 75.7 Å². The van der Waals surface area contributed by atoms with Crippen LogP contribution >= 0.6 is 0 Å². The molecule has 2 unspecified atom stereocenters. The Bertz CT molecular complexity index is 572. The maximum atomic E-state index is 12.1. The van der Waals surface area contributed by atoms with Crippen LogP contribution in [0.25, 0.3) is 0 Å². The lowest BCUT2D eigenvalue weighted by molar-refractivity contribution is -0.146. The smallest absolute Gasteiger partial charge is 0.243 e. The number of amides is 3. The average Bonchev–Trinajstić information content (AvgIpc) is 2.91. The number of rotatable bonds is 8. The van der Waals surface area contributed by atoms with Crippen molar-refractivity contribution in [1.29, 1.82) is 0 Å². The molecule has 0 saturated carbocycles. The molecule has 24 heavy (non-hydrogen) atoms. The Morgan fingerprint density at radius 1 is 1.17 bits per heavy atom. The Labute approximate surface area is 142 Å². The van der Waals surface area contributed by atoms with Crippen LogP contribution < -0.4 is 5.32 Å². The number of imide groups is 1. The fourth-order valence-corrected chi connectivity index (χ4v) is 2.58. The largest absolute Gasteiger partial charge is 0.376 e. The third-order valence-electron chi connectivity index (χ3n) is 4.00. The molecule has 0 aliphatic carbocycles. The first-order chi connectivity index (χ1) is 11.5. The highest BCUT2D eigenvalue weighted by molar-refractivity contribution is 6.05. The van der Waals surface area contributed by atoms with Crippen LogP contribution in [0.3, 0.4) is 0 Å². The number of benzene rings is 1. The summed E-state index contributed by atoms with van der Waals surface area (Å²) in [5.41, 5.74) is 1.11. The molecule has 130 valence electrons. The van der Waals surface area contributed by atoms with Crippen LogP contribution in [0.15, 0.2) is 30.3 Å². The van der Waals surface area contributed by atoms with Crippen molar-refractivity contribution in [2.75, 3.05) is 13.2 Å². The number of nitrogens with zero attached hydrogens (tertiary/aromatic N) is 1. The van der Waals surface area contributed by atoms with Crippen LogP contribution in [0, 0.1) is 5.92 Å². The van der Waals surface area contributed by atoms with Gasteiger partial charge >= 0.3 is 0 Å². The van der Waals surface area contributed by atoms with Crippen LogP contribution in [0.4, 0.5) is 0 Å². The Hall–Kier alpha value is -2.21. The first-order valence-corrected chi connectivity index (χ1v) is 8.23. The van der Waals surface area contributed by atoms with Gasteiger partial charge in [0.15, 0.2) is 0 Å². The predicted molar refractivity (Wildman–Crippen MR) is 88.8 cm³/mol. The van der Waals surface area contributed by atoms with E-state index in [0.29, 0.717) is 19.8 Å². The monoisotopic (exact) mass is 332 g/mol. The highest BCUT2D eigenvalue weighted by Crippen LogP contribution is 2.15. The van der Waals surface area contributed by atoms with E-state index in [0.717, 1.165) is 10.5 Å². The van der Waals surface area contributed by atoms with Gasteiger partial charge in [-0.15, -0.1) is 0 Å². The van der Waals surface area contributed by atoms with E-state index >= 15 is 0 Å². The van der Waals surface area contributed by atoms with Gasteiger partial charge in [0, 0.05) is 19.4 Å². The third kappa shape index (κ3) is 4.89. The van der Waals surface area contributed by atoms with Crippen LogP contribution in [0.2, 0.25) is 0 Å². The summed E-state index contributed by atoms with van der Waals surface area (Å²) in [6.07, 6.45) is 0.389. The van der Waals surface area contributed by atoms with Crippen molar-refractivity contribution < 1.29 is 19.1 Å². The summed E-state index contributed by atoms with van der Waals surface area (Å²) in [4.78, 5) is 36.5. The van der Waals surface area contributed by atoms with E-state index in [1.165, 1.54) is 0 Å². The number of likely N-dealkylation sites (tertiary alicyclic amines) is 1. The molecule has 2 rings (SSSR count). The van der Waals surface area contributed by atoms with Crippen molar-refractivity contribution in [3.05, 3.63) is 35.9 Å². The molecule has 1 aliphatic rings. The summed E-state index contributed by atoms with van der Waals surface area (Å²) in [6, 6.07) is 9.12. The van der Waals surface area contributed by atoms with Crippen LogP contribution in [-0.2, 0) is 25.7 Å². The second-order valence-electron chi connectivity index (χ2n) is 6.18. The van der Waals surface area contributed by atoms with Crippen molar-refractivity contribution in [2.24, 2.45) is 5.92 Å². The highest BCUT2D eigenvalue weighted by atomic mass is 16.5. The van der Waals surface area contributed by atoms with Gasteiger partial charge in [-0.05, 0) is 18.4 Å². The van der Waals surface area contributed by atoms with Crippen LogP contribution in [0.1, 0.15) is 32.3 Å². The fraction of sp³-hybridized carbons (Fsp3) is 0.500. The molecule has 1 heterocycles.